The Morgan fingerprint density at radius 3 is 2.67 bits per heavy atom. The molecule has 4 heteroatoms. The molecule has 0 aliphatic carbocycles. The van der Waals surface area contributed by atoms with E-state index in [0.717, 1.165) is 29.3 Å². The maximum Gasteiger partial charge on any atom is 0.204 e. The van der Waals surface area contributed by atoms with Crippen molar-refractivity contribution in [3.05, 3.63) is 28.8 Å². The fourth-order valence-electron chi connectivity index (χ4n) is 2.20. The zero-order valence-corrected chi connectivity index (χ0v) is 13.7. The van der Waals surface area contributed by atoms with Crippen LogP contribution in [0.1, 0.15) is 36.1 Å². The smallest absolute Gasteiger partial charge is 0.204 e. The summed E-state index contributed by atoms with van der Waals surface area (Å²) in [5.74, 6) is 1.00. The van der Waals surface area contributed by atoms with E-state index in [4.69, 9.17) is 13.9 Å². The van der Waals surface area contributed by atoms with Crippen LogP contribution in [0.2, 0.25) is 0 Å². The van der Waals surface area contributed by atoms with Gasteiger partial charge in [0.15, 0.2) is 0 Å². The van der Waals surface area contributed by atoms with Crippen molar-refractivity contribution in [1.29, 1.82) is 0 Å². The first-order chi connectivity index (χ1) is 8.67. The molecule has 0 bridgehead atoms. The van der Waals surface area contributed by atoms with Gasteiger partial charge in [-0.3, -0.25) is 0 Å². The van der Waals surface area contributed by atoms with E-state index < -0.39 is 0 Å². The van der Waals surface area contributed by atoms with Crippen molar-refractivity contribution in [3.8, 4) is 5.75 Å². The lowest BCUT2D eigenvalue weighted by molar-refractivity contribution is 0.0390. The standard InChI is InChI=1S/C14H22O3Si/c1-4-13(16-8-11-7-15-11)12-5-6-14(17-18)10(3)9(12)2/h5-6,11,13H,4,7-8H2,1-3,18H3. The van der Waals surface area contributed by atoms with Gasteiger partial charge in [0.05, 0.1) is 19.3 Å². The number of epoxide rings is 1. The molecule has 2 atom stereocenters. The topological polar surface area (TPSA) is 31.0 Å². The van der Waals surface area contributed by atoms with Crippen LogP contribution in [0, 0.1) is 13.8 Å². The second kappa shape index (κ2) is 5.86. The molecule has 2 unspecified atom stereocenters. The lowest BCUT2D eigenvalue weighted by Crippen LogP contribution is -2.10. The number of rotatable bonds is 6. The molecule has 0 aromatic heterocycles. The van der Waals surface area contributed by atoms with Crippen LogP contribution in [-0.2, 0) is 9.47 Å². The SMILES string of the molecule is CCC(OCC1CO1)c1ccc(O[SiH3])c(C)c1C. The third kappa shape index (κ3) is 2.94. The summed E-state index contributed by atoms with van der Waals surface area (Å²) in [5, 5.41) is 0. The molecule has 0 spiro atoms. The van der Waals surface area contributed by atoms with Gasteiger partial charge in [0.1, 0.15) is 11.9 Å². The summed E-state index contributed by atoms with van der Waals surface area (Å²) in [5.41, 5.74) is 3.79. The molecule has 0 saturated carbocycles. The van der Waals surface area contributed by atoms with Gasteiger partial charge in [0.2, 0.25) is 10.5 Å². The number of benzene rings is 1. The highest BCUT2D eigenvalue weighted by Gasteiger charge is 2.25. The van der Waals surface area contributed by atoms with E-state index in [1.165, 1.54) is 16.7 Å². The highest BCUT2D eigenvalue weighted by atomic mass is 28.2. The Bertz CT molecular complexity index is 416. The monoisotopic (exact) mass is 266 g/mol. The van der Waals surface area contributed by atoms with Gasteiger partial charge in [-0.2, -0.15) is 0 Å². The van der Waals surface area contributed by atoms with E-state index in [-0.39, 0.29) is 6.10 Å². The Labute approximate surface area is 112 Å². The fourth-order valence-corrected chi connectivity index (χ4v) is 2.64. The van der Waals surface area contributed by atoms with Gasteiger partial charge in [-0.05, 0) is 43.0 Å². The molecule has 1 aromatic carbocycles. The van der Waals surface area contributed by atoms with Crippen LogP contribution in [0.25, 0.3) is 0 Å². The molecule has 2 rings (SSSR count). The van der Waals surface area contributed by atoms with E-state index in [9.17, 15) is 0 Å². The second-order valence-electron chi connectivity index (χ2n) is 4.79. The first-order valence-electron chi connectivity index (χ1n) is 6.54. The van der Waals surface area contributed by atoms with Crippen molar-refractivity contribution < 1.29 is 13.9 Å². The molecule has 18 heavy (non-hydrogen) atoms. The molecule has 0 radical (unpaired) electrons. The fraction of sp³-hybridized carbons (Fsp3) is 0.571. The van der Waals surface area contributed by atoms with Gasteiger partial charge in [-0.25, -0.2) is 0 Å². The van der Waals surface area contributed by atoms with Crippen molar-refractivity contribution in [2.24, 2.45) is 0 Å². The molecule has 1 heterocycles. The maximum absolute atomic E-state index is 5.95. The van der Waals surface area contributed by atoms with Crippen molar-refractivity contribution in [2.45, 2.75) is 39.4 Å². The summed E-state index contributed by atoms with van der Waals surface area (Å²) in [7, 11) is 0.728. The van der Waals surface area contributed by atoms with Gasteiger partial charge in [-0.1, -0.05) is 13.0 Å². The number of hydrogen-bond donors (Lipinski definition) is 0. The molecule has 1 fully saturated rings. The first kappa shape index (κ1) is 13.6. The van der Waals surface area contributed by atoms with E-state index in [1.54, 1.807) is 0 Å². The van der Waals surface area contributed by atoms with E-state index >= 15 is 0 Å². The van der Waals surface area contributed by atoms with Crippen LogP contribution >= 0.6 is 0 Å². The van der Waals surface area contributed by atoms with Crippen LogP contribution in [0.4, 0.5) is 0 Å². The van der Waals surface area contributed by atoms with Crippen LogP contribution in [0.15, 0.2) is 12.1 Å². The molecule has 1 aromatic rings. The van der Waals surface area contributed by atoms with Crippen molar-refractivity contribution in [3.63, 3.8) is 0 Å². The Morgan fingerprint density at radius 1 is 1.39 bits per heavy atom. The Hall–Kier alpha value is -0.843. The molecule has 0 N–H and O–H groups in total. The number of hydrogen-bond acceptors (Lipinski definition) is 3. The Balaban J connectivity index is 2.15. The van der Waals surface area contributed by atoms with Crippen molar-refractivity contribution in [1.82, 2.24) is 0 Å². The third-order valence-electron chi connectivity index (χ3n) is 3.60. The Morgan fingerprint density at radius 2 is 2.11 bits per heavy atom. The normalized spacial score (nSPS) is 19.8. The minimum absolute atomic E-state index is 0.163. The maximum atomic E-state index is 5.95. The summed E-state index contributed by atoms with van der Waals surface area (Å²) in [6, 6.07) is 4.20. The highest BCUT2D eigenvalue weighted by molar-refractivity contribution is 6.00. The molecular weight excluding hydrogens is 244 g/mol. The van der Waals surface area contributed by atoms with Crippen LogP contribution in [0.5, 0.6) is 5.75 Å². The zero-order chi connectivity index (χ0) is 13.1. The van der Waals surface area contributed by atoms with Gasteiger partial charge in [-0.15, -0.1) is 0 Å². The van der Waals surface area contributed by atoms with Gasteiger partial charge < -0.3 is 13.9 Å². The van der Waals surface area contributed by atoms with Gasteiger partial charge >= 0.3 is 0 Å². The van der Waals surface area contributed by atoms with Crippen LogP contribution < -0.4 is 4.43 Å². The highest BCUT2D eigenvalue weighted by Crippen LogP contribution is 2.31. The summed E-state index contributed by atoms with van der Waals surface area (Å²) in [6.07, 6.45) is 1.47. The minimum atomic E-state index is 0.163. The molecule has 0 amide bonds. The summed E-state index contributed by atoms with van der Waals surface area (Å²) in [6.45, 7) is 7.97. The largest absolute Gasteiger partial charge is 0.553 e. The predicted octanol–water partition coefficient (Wildman–Crippen LogP) is 1.83. The van der Waals surface area contributed by atoms with Crippen molar-refractivity contribution in [2.75, 3.05) is 13.2 Å². The van der Waals surface area contributed by atoms with E-state index in [1.807, 2.05) is 0 Å². The molecule has 1 saturated heterocycles. The van der Waals surface area contributed by atoms with Crippen molar-refractivity contribution >= 4 is 10.5 Å². The van der Waals surface area contributed by atoms with Crippen LogP contribution in [0.3, 0.4) is 0 Å². The second-order valence-corrected chi connectivity index (χ2v) is 5.20. The summed E-state index contributed by atoms with van der Waals surface area (Å²) in [4.78, 5) is 0. The summed E-state index contributed by atoms with van der Waals surface area (Å²) < 4.78 is 16.6. The minimum Gasteiger partial charge on any atom is -0.553 e. The van der Waals surface area contributed by atoms with Gasteiger partial charge in [0.25, 0.3) is 0 Å². The van der Waals surface area contributed by atoms with E-state index in [2.05, 4.69) is 32.9 Å². The average Bonchev–Trinajstić information content (AvgIpc) is 3.19. The molecule has 3 nitrogen and oxygen atoms in total. The lowest BCUT2D eigenvalue weighted by atomic mass is 9.97. The zero-order valence-electron chi connectivity index (χ0n) is 11.7. The average molecular weight is 266 g/mol. The Kier molecular flexibility index (Phi) is 4.43. The lowest BCUT2D eigenvalue weighted by Gasteiger charge is -2.20. The predicted molar refractivity (Wildman–Crippen MR) is 75.2 cm³/mol. The molecule has 1 aliphatic heterocycles. The summed E-state index contributed by atoms with van der Waals surface area (Å²) >= 11 is 0. The quantitative estimate of drug-likeness (QED) is 0.581. The third-order valence-corrected chi connectivity index (χ3v) is 4.04. The van der Waals surface area contributed by atoms with Crippen LogP contribution in [-0.4, -0.2) is 29.8 Å². The molecule has 100 valence electrons. The van der Waals surface area contributed by atoms with Gasteiger partial charge in [0, 0.05) is 0 Å². The molecular formula is C14H22O3Si. The molecule has 1 aliphatic rings. The first-order valence-corrected chi connectivity index (χ1v) is 7.36. The number of ether oxygens (including phenoxy) is 2. The van der Waals surface area contributed by atoms with E-state index in [0.29, 0.717) is 12.7 Å².